The summed E-state index contributed by atoms with van der Waals surface area (Å²) in [5, 5.41) is 15.0. The van der Waals surface area contributed by atoms with E-state index in [-0.39, 0.29) is 53.0 Å². The fourth-order valence-electron chi connectivity index (χ4n) is 10.1. The SMILES string of the molecule is CC1(C)C(NC(=O)c2ccc(C#CC3CCN(C4CCN(c5cnc6c(c5)C(=O)N(C5CCC(=O)NC5=O)C6=O)CC4)CC3)cc2)C(C)(C)C1Oc1ccc(C#N)c(Cl)c1. The number of hydrogen-bond donors (Lipinski definition) is 2. The Balaban J connectivity index is 0.794. The van der Waals surface area contributed by atoms with Gasteiger partial charge in [0.25, 0.3) is 17.7 Å². The van der Waals surface area contributed by atoms with E-state index in [1.807, 2.05) is 24.3 Å². The van der Waals surface area contributed by atoms with Crippen LogP contribution >= 0.6 is 11.6 Å². The van der Waals surface area contributed by atoms with E-state index in [9.17, 15) is 29.2 Å². The quantitative estimate of drug-likeness (QED) is 0.234. The molecule has 4 fully saturated rings. The van der Waals surface area contributed by atoms with Crippen molar-refractivity contribution < 1.29 is 28.7 Å². The molecule has 0 spiro atoms. The van der Waals surface area contributed by atoms with Crippen LogP contribution in [0.1, 0.15) is 109 Å². The van der Waals surface area contributed by atoms with Crippen LogP contribution in [0.2, 0.25) is 5.02 Å². The zero-order chi connectivity index (χ0) is 42.5. The van der Waals surface area contributed by atoms with Gasteiger partial charge in [-0.25, -0.2) is 4.98 Å². The lowest BCUT2D eigenvalue weighted by molar-refractivity contribution is -0.164. The van der Waals surface area contributed by atoms with Crippen LogP contribution in [-0.4, -0.2) is 94.7 Å². The van der Waals surface area contributed by atoms with E-state index in [1.165, 1.54) is 0 Å². The number of aromatic nitrogens is 1. The molecule has 14 heteroatoms. The molecule has 1 unspecified atom stereocenters. The minimum Gasteiger partial charge on any atom is -0.489 e. The van der Waals surface area contributed by atoms with E-state index >= 15 is 0 Å². The number of benzene rings is 2. The Morgan fingerprint density at radius 3 is 2.27 bits per heavy atom. The number of likely N-dealkylation sites (tertiary alicyclic amines) is 1. The summed E-state index contributed by atoms with van der Waals surface area (Å²) < 4.78 is 6.37. The zero-order valence-corrected chi connectivity index (χ0v) is 35.0. The number of halogens is 1. The molecule has 0 radical (unpaired) electrons. The summed E-state index contributed by atoms with van der Waals surface area (Å²) in [7, 11) is 0. The van der Waals surface area contributed by atoms with Gasteiger partial charge in [0.15, 0.2) is 0 Å². The van der Waals surface area contributed by atoms with Gasteiger partial charge >= 0.3 is 0 Å². The summed E-state index contributed by atoms with van der Waals surface area (Å²) in [6.07, 6.45) is 5.50. The van der Waals surface area contributed by atoms with Crippen molar-refractivity contribution in [2.24, 2.45) is 16.7 Å². The first-order chi connectivity index (χ1) is 28.6. The fourth-order valence-corrected chi connectivity index (χ4v) is 10.3. The minimum atomic E-state index is -1.02. The first-order valence-electron chi connectivity index (χ1n) is 20.6. The summed E-state index contributed by atoms with van der Waals surface area (Å²) in [5.41, 5.74) is 2.12. The van der Waals surface area contributed by atoms with Gasteiger partial charge in [-0.3, -0.25) is 34.2 Å². The molecule has 2 N–H and O–H groups in total. The summed E-state index contributed by atoms with van der Waals surface area (Å²) >= 11 is 6.24. The average molecular weight is 830 g/mol. The first kappa shape index (κ1) is 41.0. The largest absolute Gasteiger partial charge is 0.489 e. The minimum absolute atomic E-state index is 0.0435. The van der Waals surface area contributed by atoms with Gasteiger partial charge in [-0.1, -0.05) is 51.1 Å². The van der Waals surface area contributed by atoms with Gasteiger partial charge in [-0.15, -0.1) is 0 Å². The topological polar surface area (TPSA) is 165 Å². The molecule has 13 nitrogen and oxygen atoms in total. The Hall–Kier alpha value is -5.76. The maximum Gasteiger partial charge on any atom is 0.280 e. The highest BCUT2D eigenvalue weighted by molar-refractivity contribution is 6.31. The normalized spacial score (nSPS) is 24.1. The van der Waals surface area contributed by atoms with Crippen LogP contribution < -0.4 is 20.3 Å². The van der Waals surface area contributed by atoms with Crippen LogP contribution in [0.3, 0.4) is 0 Å². The number of carbonyl (C=O) groups is 5. The third kappa shape index (κ3) is 7.61. The summed E-state index contributed by atoms with van der Waals surface area (Å²) in [4.78, 5) is 73.9. The van der Waals surface area contributed by atoms with Crippen molar-refractivity contribution in [3.05, 3.63) is 87.7 Å². The van der Waals surface area contributed by atoms with E-state index in [4.69, 9.17) is 16.3 Å². The molecule has 1 aliphatic carbocycles. The Bertz CT molecular complexity index is 2350. The second-order valence-corrected chi connectivity index (χ2v) is 18.1. The molecular formula is C46H48ClN7O6. The third-order valence-corrected chi connectivity index (χ3v) is 13.5. The van der Waals surface area contributed by atoms with Gasteiger partial charge in [0.2, 0.25) is 11.8 Å². The maximum absolute atomic E-state index is 13.4. The number of amides is 5. The number of nitrogens with zero attached hydrogens (tertiary/aromatic N) is 5. The number of nitrogens with one attached hydrogen (secondary N) is 2. The molecule has 310 valence electrons. The molecule has 60 heavy (non-hydrogen) atoms. The molecule has 3 aromatic rings. The molecule has 0 bridgehead atoms. The number of piperidine rings is 3. The number of hydrogen-bond acceptors (Lipinski definition) is 10. The van der Waals surface area contributed by atoms with Crippen molar-refractivity contribution in [2.75, 3.05) is 31.1 Å². The number of pyridine rings is 1. The smallest absolute Gasteiger partial charge is 0.280 e. The molecule has 1 atom stereocenters. The van der Waals surface area contributed by atoms with Crippen molar-refractivity contribution in [1.82, 2.24) is 25.4 Å². The Labute approximate surface area is 354 Å². The van der Waals surface area contributed by atoms with Gasteiger partial charge in [0.05, 0.1) is 28.0 Å². The summed E-state index contributed by atoms with van der Waals surface area (Å²) in [6, 6.07) is 15.6. The van der Waals surface area contributed by atoms with Crippen molar-refractivity contribution in [2.45, 2.75) is 90.4 Å². The molecule has 5 heterocycles. The number of rotatable bonds is 7. The third-order valence-electron chi connectivity index (χ3n) is 13.1. The lowest BCUT2D eigenvalue weighted by atomic mass is 9.49. The maximum atomic E-state index is 13.4. The second kappa shape index (κ2) is 16.0. The van der Waals surface area contributed by atoms with Crippen LogP contribution in [0.4, 0.5) is 5.69 Å². The van der Waals surface area contributed by atoms with E-state index in [0.29, 0.717) is 33.9 Å². The van der Waals surface area contributed by atoms with E-state index in [0.717, 1.165) is 68.0 Å². The van der Waals surface area contributed by atoms with Gasteiger partial charge < -0.3 is 19.9 Å². The molecule has 2 aromatic carbocycles. The molecule has 8 rings (SSSR count). The van der Waals surface area contributed by atoms with E-state index in [1.54, 1.807) is 30.5 Å². The van der Waals surface area contributed by atoms with Gasteiger partial charge in [-0.2, -0.15) is 5.26 Å². The van der Waals surface area contributed by atoms with Gasteiger partial charge in [0.1, 0.15) is 29.7 Å². The predicted octanol–water partition coefficient (Wildman–Crippen LogP) is 5.35. The lowest BCUT2D eigenvalue weighted by Gasteiger charge is -2.63. The first-order valence-corrected chi connectivity index (χ1v) is 21.0. The number of anilines is 1. The molecular weight excluding hydrogens is 782 g/mol. The van der Waals surface area contributed by atoms with Crippen molar-refractivity contribution in [3.8, 4) is 23.7 Å². The molecule has 5 amide bonds. The zero-order valence-electron chi connectivity index (χ0n) is 34.2. The summed E-state index contributed by atoms with van der Waals surface area (Å²) in [5.74, 6) is 5.36. The van der Waals surface area contributed by atoms with Gasteiger partial charge in [0, 0.05) is 65.5 Å². The highest BCUT2D eigenvalue weighted by atomic mass is 35.5. The monoisotopic (exact) mass is 829 g/mol. The van der Waals surface area contributed by atoms with Gasteiger partial charge in [-0.05, 0) is 87.7 Å². The summed E-state index contributed by atoms with van der Waals surface area (Å²) in [6.45, 7) is 11.8. The average Bonchev–Trinajstić information content (AvgIpc) is 3.49. The highest BCUT2D eigenvalue weighted by Gasteiger charge is 2.64. The molecule has 4 aliphatic heterocycles. The molecule has 5 aliphatic rings. The highest BCUT2D eigenvalue weighted by Crippen LogP contribution is 2.55. The predicted molar refractivity (Wildman–Crippen MR) is 223 cm³/mol. The van der Waals surface area contributed by atoms with Crippen LogP contribution in [0, 0.1) is 39.9 Å². The number of ether oxygens (including phenoxy) is 1. The Morgan fingerprint density at radius 2 is 1.62 bits per heavy atom. The second-order valence-electron chi connectivity index (χ2n) is 17.7. The standard InChI is InChI=1S/C46H48ClN7O6/c1-45(2)43(46(3,4)44(45)60-33-12-11-30(25-48)35(47)24-33)51-39(56)29-9-7-27(8-10-29)5-6-28-15-19-52(20-16-28)31-17-21-53(22-18-31)32-23-34-38(49-26-32)42(59)54(41(34)58)36-13-14-37(55)50-40(36)57/h7-12,23-24,26,28,31,36,43-44H,13-22H2,1-4H3,(H,51,56)(H,50,55,57). The molecule has 1 aromatic heterocycles. The van der Waals surface area contributed by atoms with E-state index < -0.39 is 29.7 Å². The van der Waals surface area contributed by atoms with Crippen LogP contribution in [-0.2, 0) is 9.59 Å². The number of fused-ring (bicyclic) bond motifs is 1. The van der Waals surface area contributed by atoms with Crippen molar-refractivity contribution in [1.29, 1.82) is 5.26 Å². The molecule has 3 saturated heterocycles. The van der Waals surface area contributed by atoms with E-state index in [2.05, 4.69) is 71.0 Å². The fraction of sp³-hybridized carbons (Fsp3) is 0.457. The lowest BCUT2D eigenvalue weighted by Crippen LogP contribution is -2.74. The Kier molecular flexibility index (Phi) is 10.9. The number of nitriles is 1. The van der Waals surface area contributed by atoms with Crippen LogP contribution in [0.5, 0.6) is 5.75 Å². The van der Waals surface area contributed by atoms with Crippen molar-refractivity contribution >= 4 is 46.8 Å². The number of imide groups is 2. The molecule has 1 saturated carbocycles. The van der Waals surface area contributed by atoms with Crippen molar-refractivity contribution in [3.63, 3.8) is 0 Å². The van der Waals surface area contributed by atoms with Crippen LogP contribution in [0.25, 0.3) is 0 Å². The number of carbonyl (C=O) groups excluding carboxylic acids is 5. The Morgan fingerprint density at radius 1 is 0.917 bits per heavy atom. The van der Waals surface area contributed by atoms with Crippen LogP contribution in [0.15, 0.2) is 54.7 Å².